The number of carbonyl (C=O) groups is 2. The normalized spacial score (nSPS) is 33.3. The van der Waals surface area contributed by atoms with Gasteiger partial charge in [-0.05, 0) is 66.7 Å². The molecule has 0 radical (unpaired) electrons. The molecule has 2 saturated heterocycles. The van der Waals surface area contributed by atoms with E-state index >= 15 is 0 Å². The third-order valence-corrected chi connectivity index (χ3v) is 10.2. The van der Waals surface area contributed by atoms with Crippen LogP contribution in [0.4, 0.5) is 5.69 Å². The molecule has 0 aliphatic carbocycles. The van der Waals surface area contributed by atoms with Crippen LogP contribution < -0.4 is 5.32 Å². The van der Waals surface area contributed by atoms with E-state index < -0.39 is 20.0 Å². The van der Waals surface area contributed by atoms with Gasteiger partial charge in [0.1, 0.15) is 0 Å². The Bertz CT molecular complexity index is 875. The Morgan fingerprint density at radius 3 is 2.83 bits per heavy atom. The zero-order chi connectivity index (χ0) is 21.8. The lowest BCUT2D eigenvalue weighted by Crippen LogP contribution is -2.44. The molecular weight excluding hydrogens is 515 g/mol. The van der Waals surface area contributed by atoms with Crippen molar-refractivity contribution in [2.24, 2.45) is 5.92 Å². The molecule has 3 heterocycles. The van der Waals surface area contributed by atoms with Crippen molar-refractivity contribution in [3.8, 4) is 0 Å². The van der Waals surface area contributed by atoms with E-state index in [9.17, 15) is 19.5 Å². The fourth-order valence-electron chi connectivity index (χ4n) is 5.71. The van der Waals surface area contributed by atoms with Crippen LogP contribution in [0, 0.1) is 9.49 Å². The molecule has 4 rings (SSSR count). The fraction of sp³-hybridized carbons (Fsp3) is 0.619. The number of nitrogens with zero attached hydrogens (tertiary/aromatic N) is 1. The molecule has 0 aromatic heterocycles. The maximum Gasteiger partial charge on any atom is 0.261 e. The molecule has 1 spiro atoms. The van der Waals surface area contributed by atoms with Crippen molar-refractivity contribution in [1.82, 2.24) is 4.90 Å². The summed E-state index contributed by atoms with van der Waals surface area (Å²) in [4.78, 5) is 39.2. The van der Waals surface area contributed by atoms with Crippen LogP contribution in [0.3, 0.4) is 0 Å². The first-order chi connectivity index (χ1) is 14.1. The Morgan fingerprint density at radius 2 is 2.17 bits per heavy atom. The van der Waals surface area contributed by atoms with Crippen molar-refractivity contribution in [1.29, 1.82) is 0 Å². The summed E-state index contributed by atoms with van der Waals surface area (Å²) < 4.78 is 7.50. The maximum atomic E-state index is 13.2. The van der Waals surface area contributed by atoms with Crippen molar-refractivity contribution >= 4 is 48.4 Å². The van der Waals surface area contributed by atoms with E-state index in [-0.39, 0.29) is 42.3 Å². The van der Waals surface area contributed by atoms with E-state index in [0.717, 1.165) is 27.7 Å². The number of likely N-dealkylation sites (tertiary alicyclic amines) is 1. The first kappa shape index (κ1) is 22.2. The third kappa shape index (κ3) is 3.42. The molecule has 5 atom stereocenters. The molecule has 2 fully saturated rings. The minimum atomic E-state index is -2.77. The van der Waals surface area contributed by atoms with Crippen molar-refractivity contribution in [2.75, 3.05) is 18.5 Å². The molecule has 3 aliphatic rings. The van der Waals surface area contributed by atoms with E-state index in [1.807, 2.05) is 38.2 Å². The van der Waals surface area contributed by atoms with Crippen molar-refractivity contribution < 1.29 is 24.2 Å². The van der Waals surface area contributed by atoms with Crippen molar-refractivity contribution in [3.63, 3.8) is 0 Å². The molecule has 7 nitrogen and oxygen atoms in total. The fourth-order valence-corrected chi connectivity index (χ4v) is 8.76. The number of hydrogen-bond donors (Lipinski definition) is 3. The van der Waals surface area contributed by atoms with Crippen LogP contribution in [0.5, 0.6) is 0 Å². The molecule has 0 saturated carbocycles. The number of amides is 2. The lowest BCUT2D eigenvalue weighted by atomic mass is 9.82. The number of halogens is 1. The number of fused-ring (bicyclic) bond motifs is 2. The molecule has 0 unspecified atom stereocenters. The molecular formula is C21H29IN2O5Si. The Labute approximate surface area is 191 Å². The van der Waals surface area contributed by atoms with E-state index in [1.54, 1.807) is 4.90 Å². The number of aliphatic hydroxyl groups excluding tert-OH is 1. The summed E-state index contributed by atoms with van der Waals surface area (Å²) in [5.74, 6) is -0.571. The molecule has 30 heavy (non-hydrogen) atoms. The summed E-state index contributed by atoms with van der Waals surface area (Å²) >= 11 is 2.22. The summed E-state index contributed by atoms with van der Waals surface area (Å²) in [6.07, 6.45) is 1.23. The zero-order valence-corrected chi connectivity index (χ0v) is 20.7. The summed E-state index contributed by atoms with van der Waals surface area (Å²) in [6.45, 7) is 6.24. The van der Waals surface area contributed by atoms with Gasteiger partial charge in [0, 0.05) is 32.8 Å². The number of carbonyl (C=O) groups excluding carboxylic acids is 2. The Kier molecular flexibility index (Phi) is 5.80. The molecule has 9 heteroatoms. The van der Waals surface area contributed by atoms with Crippen LogP contribution in [0.15, 0.2) is 18.2 Å². The molecule has 3 N–H and O–H groups in total. The highest BCUT2D eigenvalue weighted by Crippen LogP contribution is 2.58. The quantitative estimate of drug-likeness (QED) is 0.400. The van der Waals surface area contributed by atoms with Crippen LogP contribution in [-0.4, -0.2) is 60.2 Å². The lowest BCUT2D eigenvalue weighted by molar-refractivity contribution is -0.148. The van der Waals surface area contributed by atoms with E-state index in [4.69, 9.17) is 4.74 Å². The van der Waals surface area contributed by atoms with Gasteiger partial charge < -0.3 is 24.9 Å². The van der Waals surface area contributed by atoms with Crippen molar-refractivity contribution in [2.45, 2.75) is 62.6 Å². The highest BCUT2D eigenvalue weighted by molar-refractivity contribution is 14.1. The van der Waals surface area contributed by atoms with Crippen LogP contribution in [0.1, 0.15) is 31.7 Å². The first-order valence-electron chi connectivity index (χ1n) is 10.5. The Balaban J connectivity index is 1.69. The number of aliphatic hydroxyl groups is 1. The molecule has 3 aliphatic heterocycles. The monoisotopic (exact) mass is 544 g/mol. The Morgan fingerprint density at radius 1 is 1.43 bits per heavy atom. The van der Waals surface area contributed by atoms with Gasteiger partial charge in [-0.25, -0.2) is 0 Å². The van der Waals surface area contributed by atoms with Crippen LogP contribution in [0.25, 0.3) is 0 Å². The van der Waals surface area contributed by atoms with Gasteiger partial charge in [0.25, 0.3) is 5.91 Å². The minimum Gasteiger partial charge on any atom is -0.432 e. The molecule has 0 bridgehead atoms. The first-order valence-corrected chi connectivity index (χ1v) is 14.6. The van der Waals surface area contributed by atoms with Gasteiger partial charge in [0.05, 0.1) is 25.2 Å². The summed E-state index contributed by atoms with van der Waals surface area (Å²) in [5, 5.41) is 12.5. The lowest BCUT2D eigenvalue weighted by Gasteiger charge is -2.32. The standard InChI is InChI=1S/C21H29IN2O5Si/c1-12-19(30(2,3)28)17(10-18(26)24-8-4-5-14(24)11-25)29-21(12)15-9-13(22)6-7-16(15)23-20(21)27/h6-7,9,12,14,17,19,25,28H,4-5,8,10-11H2,1-3H3,(H,23,27)/t12-,14+,17+,19-,21+/m1/s1. The summed E-state index contributed by atoms with van der Waals surface area (Å²) in [5.41, 5.74) is 0.0570. The number of ether oxygens (including phenoxy) is 1. The highest BCUT2D eigenvalue weighted by atomic mass is 127. The molecule has 1 aromatic carbocycles. The number of nitrogens with one attached hydrogen (secondary N) is 1. The number of hydrogen-bond acceptors (Lipinski definition) is 5. The largest absolute Gasteiger partial charge is 0.432 e. The second kappa shape index (κ2) is 7.84. The van der Waals surface area contributed by atoms with Gasteiger partial charge in [-0.1, -0.05) is 6.92 Å². The van der Waals surface area contributed by atoms with Gasteiger partial charge in [-0.3, -0.25) is 9.59 Å². The summed E-state index contributed by atoms with van der Waals surface area (Å²) in [7, 11) is -2.77. The molecule has 1 aromatic rings. The minimum absolute atomic E-state index is 0.0461. The van der Waals surface area contributed by atoms with Gasteiger partial charge in [-0.15, -0.1) is 0 Å². The van der Waals surface area contributed by atoms with Gasteiger partial charge in [0.15, 0.2) is 13.9 Å². The predicted molar refractivity (Wildman–Crippen MR) is 123 cm³/mol. The van der Waals surface area contributed by atoms with Gasteiger partial charge in [0.2, 0.25) is 5.91 Å². The Hall–Kier alpha value is -1.01. The predicted octanol–water partition coefficient (Wildman–Crippen LogP) is 2.41. The van der Waals surface area contributed by atoms with E-state index in [1.165, 1.54) is 0 Å². The highest BCUT2D eigenvalue weighted by Gasteiger charge is 2.65. The molecule has 2 amide bonds. The maximum absolute atomic E-state index is 13.2. The number of anilines is 1. The van der Waals surface area contributed by atoms with Crippen LogP contribution >= 0.6 is 22.6 Å². The van der Waals surface area contributed by atoms with Crippen molar-refractivity contribution in [3.05, 3.63) is 27.3 Å². The second-order valence-corrected chi connectivity index (χ2v) is 14.5. The topological polar surface area (TPSA) is 99.1 Å². The number of benzene rings is 1. The summed E-state index contributed by atoms with van der Waals surface area (Å²) in [6, 6.07) is 5.62. The molecule has 164 valence electrons. The smallest absolute Gasteiger partial charge is 0.261 e. The van der Waals surface area contributed by atoms with Crippen LogP contribution in [-0.2, 0) is 19.9 Å². The average Bonchev–Trinajstić information content (AvgIpc) is 3.32. The van der Waals surface area contributed by atoms with E-state index in [0.29, 0.717) is 6.54 Å². The average molecular weight is 544 g/mol. The van der Waals surface area contributed by atoms with Crippen LogP contribution in [0.2, 0.25) is 18.6 Å². The second-order valence-electron chi connectivity index (χ2n) is 9.27. The zero-order valence-electron chi connectivity index (χ0n) is 17.5. The SMILES string of the molecule is C[C@@H]1[C@@H]([Si](C)(C)O)[C@H](CC(=O)N2CCC[C@H]2CO)O[C@@]12C(=O)Nc1ccc(I)cc12. The van der Waals surface area contributed by atoms with Gasteiger partial charge in [-0.2, -0.15) is 0 Å². The third-order valence-electron chi connectivity index (χ3n) is 6.98. The van der Waals surface area contributed by atoms with Gasteiger partial charge >= 0.3 is 0 Å². The van der Waals surface area contributed by atoms with E-state index in [2.05, 4.69) is 27.9 Å². The number of rotatable bonds is 4.